The second-order valence-electron chi connectivity index (χ2n) is 4.12. The highest BCUT2D eigenvalue weighted by molar-refractivity contribution is 5.20. The third kappa shape index (κ3) is 7.10. The molecule has 0 atom stereocenters. The van der Waals surface area contributed by atoms with E-state index in [2.05, 4.69) is 36.5 Å². The Bertz CT molecular complexity index is 285. The zero-order chi connectivity index (χ0) is 12.3. The minimum Gasteiger partial charge on any atom is -0.385 e. The first-order valence-electron chi connectivity index (χ1n) is 6.16. The van der Waals surface area contributed by atoms with Crippen LogP contribution in [-0.2, 0) is 16.0 Å². The van der Waals surface area contributed by atoms with Gasteiger partial charge in [-0.2, -0.15) is 0 Å². The molecule has 3 nitrogen and oxygen atoms in total. The topological polar surface area (TPSA) is 30.5 Å². The largest absolute Gasteiger partial charge is 0.385 e. The number of aryl methyl sites for hydroxylation is 1. The van der Waals surface area contributed by atoms with Crippen molar-refractivity contribution in [2.24, 2.45) is 0 Å². The molecule has 0 unspecified atom stereocenters. The van der Waals surface area contributed by atoms with Crippen LogP contribution >= 0.6 is 0 Å². The van der Waals surface area contributed by atoms with Gasteiger partial charge in [0.05, 0.1) is 6.61 Å². The molecule has 0 aromatic heterocycles. The van der Waals surface area contributed by atoms with Crippen molar-refractivity contribution in [3.8, 4) is 0 Å². The number of ether oxygens (including phenoxy) is 2. The molecular weight excluding hydrogens is 214 g/mol. The maximum atomic E-state index is 5.45. The highest BCUT2D eigenvalue weighted by Crippen LogP contribution is 2.01. The molecule has 0 aliphatic heterocycles. The van der Waals surface area contributed by atoms with Gasteiger partial charge < -0.3 is 14.8 Å². The Labute approximate surface area is 104 Å². The van der Waals surface area contributed by atoms with Gasteiger partial charge in [0.25, 0.3) is 0 Å². The number of rotatable bonds is 9. The van der Waals surface area contributed by atoms with Crippen LogP contribution in [0.2, 0.25) is 0 Å². The Kier molecular flexibility index (Phi) is 7.63. The van der Waals surface area contributed by atoms with Crippen molar-refractivity contribution in [1.82, 2.24) is 5.32 Å². The summed E-state index contributed by atoms with van der Waals surface area (Å²) in [6.07, 6.45) is 0.967. The molecule has 0 aliphatic carbocycles. The normalized spacial score (nSPS) is 10.7. The van der Waals surface area contributed by atoms with E-state index < -0.39 is 0 Å². The van der Waals surface area contributed by atoms with Crippen molar-refractivity contribution in [2.75, 3.05) is 33.5 Å². The van der Waals surface area contributed by atoms with Crippen molar-refractivity contribution < 1.29 is 9.47 Å². The average Bonchev–Trinajstić information content (AvgIpc) is 2.35. The predicted molar refractivity (Wildman–Crippen MR) is 70.2 cm³/mol. The quantitative estimate of drug-likeness (QED) is 0.667. The van der Waals surface area contributed by atoms with Crippen molar-refractivity contribution in [1.29, 1.82) is 0 Å². The van der Waals surface area contributed by atoms with Gasteiger partial charge in [-0.3, -0.25) is 0 Å². The standard InChI is InChI=1S/C14H23NO2/c1-13-4-6-14(7-5-13)12-15-8-11-17-10-3-9-16-2/h4-7,15H,3,8-12H2,1-2H3. The first kappa shape index (κ1) is 14.2. The van der Waals surface area contributed by atoms with Crippen LogP contribution in [0.5, 0.6) is 0 Å². The summed E-state index contributed by atoms with van der Waals surface area (Å²) in [7, 11) is 1.71. The number of nitrogens with one attached hydrogen (secondary N) is 1. The van der Waals surface area contributed by atoms with Gasteiger partial charge in [-0.05, 0) is 18.9 Å². The second kappa shape index (κ2) is 9.16. The lowest BCUT2D eigenvalue weighted by molar-refractivity contribution is 0.104. The molecule has 96 valence electrons. The fourth-order valence-corrected chi connectivity index (χ4v) is 1.49. The van der Waals surface area contributed by atoms with Gasteiger partial charge in [-0.15, -0.1) is 0 Å². The molecule has 0 fully saturated rings. The number of methoxy groups -OCH3 is 1. The molecule has 0 spiro atoms. The molecule has 3 heteroatoms. The molecule has 0 saturated carbocycles. The third-order valence-corrected chi connectivity index (χ3v) is 2.51. The summed E-state index contributed by atoms with van der Waals surface area (Å²) in [5.41, 5.74) is 2.62. The molecule has 1 N–H and O–H groups in total. The predicted octanol–water partition coefficient (Wildman–Crippen LogP) is 2.14. The molecule has 1 aromatic rings. The fraction of sp³-hybridized carbons (Fsp3) is 0.571. The molecule has 0 radical (unpaired) electrons. The van der Waals surface area contributed by atoms with Crippen molar-refractivity contribution in [3.05, 3.63) is 35.4 Å². The van der Waals surface area contributed by atoms with Gasteiger partial charge in [-0.25, -0.2) is 0 Å². The Balaban J connectivity index is 1.95. The van der Waals surface area contributed by atoms with E-state index in [1.807, 2.05) is 0 Å². The minimum absolute atomic E-state index is 0.759. The summed E-state index contributed by atoms with van der Waals surface area (Å²) in [5.74, 6) is 0. The Morgan fingerprint density at radius 1 is 1.06 bits per heavy atom. The molecule has 0 bridgehead atoms. The highest BCUT2D eigenvalue weighted by atomic mass is 16.5. The maximum absolute atomic E-state index is 5.45. The van der Waals surface area contributed by atoms with Gasteiger partial charge >= 0.3 is 0 Å². The van der Waals surface area contributed by atoms with E-state index in [1.54, 1.807) is 7.11 Å². The summed E-state index contributed by atoms with van der Waals surface area (Å²) < 4.78 is 10.4. The third-order valence-electron chi connectivity index (χ3n) is 2.51. The van der Waals surface area contributed by atoms with Crippen LogP contribution in [0.1, 0.15) is 17.5 Å². The SMILES string of the molecule is COCCCOCCNCc1ccc(C)cc1. The lowest BCUT2D eigenvalue weighted by atomic mass is 10.1. The van der Waals surface area contributed by atoms with Crippen LogP contribution in [0.15, 0.2) is 24.3 Å². The molecule has 17 heavy (non-hydrogen) atoms. The summed E-state index contributed by atoms with van der Waals surface area (Å²) in [6, 6.07) is 8.58. The molecule has 0 amide bonds. The first-order chi connectivity index (χ1) is 8.33. The van der Waals surface area contributed by atoms with Crippen molar-refractivity contribution in [2.45, 2.75) is 19.9 Å². The molecule has 1 aromatic carbocycles. The van der Waals surface area contributed by atoms with Crippen molar-refractivity contribution >= 4 is 0 Å². The molecular formula is C14H23NO2. The summed E-state index contributed by atoms with van der Waals surface area (Å²) in [5, 5.41) is 3.36. The summed E-state index contributed by atoms with van der Waals surface area (Å²) >= 11 is 0. The van der Waals surface area contributed by atoms with Crippen LogP contribution in [0.3, 0.4) is 0 Å². The van der Waals surface area contributed by atoms with Gasteiger partial charge in [-0.1, -0.05) is 29.8 Å². The Morgan fingerprint density at radius 3 is 2.53 bits per heavy atom. The van der Waals surface area contributed by atoms with Gasteiger partial charge in [0.15, 0.2) is 0 Å². The first-order valence-corrected chi connectivity index (χ1v) is 6.16. The van der Waals surface area contributed by atoms with Crippen LogP contribution in [0, 0.1) is 6.92 Å². The van der Waals surface area contributed by atoms with Gasteiger partial charge in [0.1, 0.15) is 0 Å². The van der Waals surface area contributed by atoms with E-state index in [0.717, 1.165) is 39.3 Å². The molecule has 0 heterocycles. The number of benzene rings is 1. The van der Waals surface area contributed by atoms with E-state index in [-0.39, 0.29) is 0 Å². The van der Waals surface area contributed by atoms with Crippen LogP contribution in [-0.4, -0.2) is 33.5 Å². The molecule has 0 saturated heterocycles. The van der Waals surface area contributed by atoms with E-state index in [4.69, 9.17) is 9.47 Å². The van der Waals surface area contributed by atoms with Crippen LogP contribution in [0.4, 0.5) is 0 Å². The Morgan fingerprint density at radius 2 is 1.82 bits per heavy atom. The monoisotopic (exact) mass is 237 g/mol. The summed E-state index contributed by atoms with van der Waals surface area (Å²) in [6.45, 7) is 6.21. The smallest absolute Gasteiger partial charge is 0.0591 e. The fourth-order valence-electron chi connectivity index (χ4n) is 1.49. The maximum Gasteiger partial charge on any atom is 0.0591 e. The zero-order valence-electron chi connectivity index (χ0n) is 10.9. The van der Waals surface area contributed by atoms with E-state index in [1.165, 1.54) is 11.1 Å². The molecule has 1 rings (SSSR count). The lowest BCUT2D eigenvalue weighted by Crippen LogP contribution is -2.19. The highest BCUT2D eigenvalue weighted by Gasteiger charge is 1.92. The zero-order valence-corrected chi connectivity index (χ0v) is 10.9. The lowest BCUT2D eigenvalue weighted by Gasteiger charge is -2.06. The average molecular weight is 237 g/mol. The van der Waals surface area contributed by atoms with E-state index in [9.17, 15) is 0 Å². The van der Waals surface area contributed by atoms with E-state index >= 15 is 0 Å². The van der Waals surface area contributed by atoms with Crippen LogP contribution < -0.4 is 5.32 Å². The Hall–Kier alpha value is -0.900. The van der Waals surface area contributed by atoms with Gasteiger partial charge in [0.2, 0.25) is 0 Å². The minimum atomic E-state index is 0.759. The molecule has 0 aliphatic rings. The number of hydrogen-bond donors (Lipinski definition) is 1. The van der Waals surface area contributed by atoms with Crippen molar-refractivity contribution in [3.63, 3.8) is 0 Å². The second-order valence-corrected chi connectivity index (χ2v) is 4.12. The summed E-state index contributed by atoms with van der Waals surface area (Å²) in [4.78, 5) is 0. The van der Waals surface area contributed by atoms with E-state index in [0.29, 0.717) is 0 Å². The van der Waals surface area contributed by atoms with Gasteiger partial charge in [0, 0.05) is 33.4 Å². The van der Waals surface area contributed by atoms with Crippen LogP contribution in [0.25, 0.3) is 0 Å². The number of hydrogen-bond acceptors (Lipinski definition) is 3.